The molecule has 6 heteroatoms. The fourth-order valence-corrected chi connectivity index (χ4v) is 3.13. The standard InChI is InChI=1S/C19H26N4O2/c1-15-4-6-17(7-5-15)25-14-19(24)8-3-9-23(13-19)12-16-10-21-18(20-2)22-11-16/h4-7,10-11,24H,3,8-9,12-14H2,1-2H3,(H,20,21,22)/t19-/m1/s1. The minimum Gasteiger partial charge on any atom is -0.491 e. The van der Waals surface area contributed by atoms with Crippen LogP contribution in [0.5, 0.6) is 5.75 Å². The SMILES string of the molecule is CNc1ncc(CN2CCC[C@](O)(COc3ccc(C)cc3)C2)cn1. The Hall–Kier alpha value is -2.18. The molecule has 1 aromatic heterocycles. The van der Waals surface area contributed by atoms with Crippen molar-refractivity contribution in [2.75, 3.05) is 32.1 Å². The molecule has 2 heterocycles. The molecular weight excluding hydrogens is 316 g/mol. The van der Waals surface area contributed by atoms with E-state index in [0.29, 0.717) is 19.1 Å². The lowest BCUT2D eigenvalue weighted by Crippen LogP contribution is -2.51. The van der Waals surface area contributed by atoms with E-state index in [-0.39, 0.29) is 0 Å². The number of likely N-dealkylation sites (tertiary alicyclic amines) is 1. The molecule has 1 atom stereocenters. The van der Waals surface area contributed by atoms with Crippen LogP contribution in [0.4, 0.5) is 5.95 Å². The molecule has 3 rings (SSSR count). The van der Waals surface area contributed by atoms with Crippen LogP contribution in [0.15, 0.2) is 36.7 Å². The van der Waals surface area contributed by atoms with E-state index in [1.807, 2.05) is 43.6 Å². The summed E-state index contributed by atoms with van der Waals surface area (Å²) in [5.41, 5.74) is 1.42. The molecular formula is C19H26N4O2. The third-order valence-corrected chi connectivity index (χ3v) is 4.50. The van der Waals surface area contributed by atoms with Gasteiger partial charge in [0, 0.05) is 38.1 Å². The van der Waals surface area contributed by atoms with Gasteiger partial charge in [-0.05, 0) is 38.4 Å². The minimum atomic E-state index is -0.824. The number of ether oxygens (including phenoxy) is 1. The van der Waals surface area contributed by atoms with Gasteiger partial charge in [0.1, 0.15) is 18.0 Å². The van der Waals surface area contributed by atoms with Crippen molar-refractivity contribution in [2.24, 2.45) is 0 Å². The van der Waals surface area contributed by atoms with Gasteiger partial charge in [-0.3, -0.25) is 4.90 Å². The van der Waals surface area contributed by atoms with Crippen molar-refractivity contribution in [2.45, 2.75) is 31.9 Å². The van der Waals surface area contributed by atoms with Crippen LogP contribution in [0.1, 0.15) is 24.0 Å². The highest BCUT2D eigenvalue weighted by Crippen LogP contribution is 2.24. The summed E-state index contributed by atoms with van der Waals surface area (Å²) in [7, 11) is 1.80. The Morgan fingerprint density at radius 1 is 1.24 bits per heavy atom. The summed E-state index contributed by atoms with van der Waals surface area (Å²) in [6.07, 6.45) is 5.36. The summed E-state index contributed by atoms with van der Waals surface area (Å²) in [6.45, 7) is 4.63. The molecule has 2 aromatic rings. The lowest BCUT2D eigenvalue weighted by molar-refractivity contribution is -0.0621. The number of piperidine rings is 1. The third kappa shape index (κ3) is 4.90. The van der Waals surface area contributed by atoms with E-state index in [9.17, 15) is 5.11 Å². The van der Waals surface area contributed by atoms with Gasteiger partial charge in [-0.25, -0.2) is 9.97 Å². The predicted octanol–water partition coefficient (Wildman–Crippen LogP) is 2.23. The van der Waals surface area contributed by atoms with Gasteiger partial charge in [-0.1, -0.05) is 17.7 Å². The summed E-state index contributed by atoms with van der Waals surface area (Å²) in [5, 5.41) is 13.8. The molecule has 1 aliphatic heterocycles. The maximum absolute atomic E-state index is 10.9. The highest BCUT2D eigenvalue weighted by molar-refractivity contribution is 5.26. The fraction of sp³-hybridized carbons (Fsp3) is 0.474. The zero-order valence-electron chi connectivity index (χ0n) is 14.9. The molecule has 0 radical (unpaired) electrons. The molecule has 1 saturated heterocycles. The van der Waals surface area contributed by atoms with Gasteiger partial charge < -0.3 is 15.2 Å². The summed E-state index contributed by atoms with van der Waals surface area (Å²) >= 11 is 0. The number of aliphatic hydroxyl groups is 1. The van der Waals surface area contributed by atoms with Gasteiger partial charge in [0.05, 0.1) is 0 Å². The number of aryl methyl sites for hydroxylation is 1. The predicted molar refractivity (Wildman–Crippen MR) is 97.7 cm³/mol. The Labute approximate surface area is 148 Å². The first-order valence-electron chi connectivity index (χ1n) is 8.69. The van der Waals surface area contributed by atoms with E-state index in [4.69, 9.17) is 4.74 Å². The molecule has 0 saturated carbocycles. The average molecular weight is 342 g/mol. The van der Waals surface area contributed by atoms with Crippen LogP contribution in [0, 0.1) is 6.92 Å². The lowest BCUT2D eigenvalue weighted by Gasteiger charge is -2.38. The van der Waals surface area contributed by atoms with Crippen molar-refractivity contribution in [3.63, 3.8) is 0 Å². The molecule has 2 N–H and O–H groups in total. The van der Waals surface area contributed by atoms with E-state index in [1.54, 1.807) is 7.05 Å². The van der Waals surface area contributed by atoms with Gasteiger partial charge in [0.2, 0.25) is 5.95 Å². The second-order valence-corrected chi connectivity index (χ2v) is 6.81. The first-order valence-corrected chi connectivity index (χ1v) is 8.69. The van der Waals surface area contributed by atoms with Crippen molar-refractivity contribution < 1.29 is 9.84 Å². The Bertz CT molecular complexity index is 675. The quantitative estimate of drug-likeness (QED) is 0.839. The van der Waals surface area contributed by atoms with Gasteiger partial charge in [-0.15, -0.1) is 0 Å². The molecule has 0 bridgehead atoms. The Morgan fingerprint density at radius 2 is 1.96 bits per heavy atom. The summed E-state index contributed by atoms with van der Waals surface area (Å²) in [5.74, 6) is 1.41. The van der Waals surface area contributed by atoms with Crippen LogP contribution < -0.4 is 10.1 Å². The third-order valence-electron chi connectivity index (χ3n) is 4.50. The van der Waals surface area contributed by atoms with Crippen molar-refractivity contribution in [3.8, 4) is 5.75 Å². The summed E-state index contributed by atoms with van der Waals surface area (Å²) in [4.78, 5) is 10.7. The molecule has 25 heavy (non-hydrogen) atoms. The number of β-amino-alcohol motifs (C(OH)–C–C–N with tert-alkyl or cyclic N) is 1. The zero-order valence-corrected chi connectivity index (χ0v) is 14.9. The van der Waals surface area contributed by atoms with Crippen LogP contribution in [0.25, 0.3) is 0 Å². The molecule has 1 aromatic carbocycles. The first-order chi connectivity index (χ1) is 12.1. The number of hydrogen-bond acceptors (Lipinski definition) is 6. The highest BCUT2D eigenvalue weighted by Gasteiger charge is 2.34. The van der Waals surface area contributed by atoms with Gasteiger partial charge in [0.25, 0.3) is 0 Å². The number of nitrogens with zero attached hydrogens (tertiary/aromatic N) is 3. The molecule has 0 spiro atoms. The number of anilines is 1. The first kappa shape index (κ1) is 17.6. The van der Waals surface area contributed by atoms with Crippen LogP contribution in [0.3, 0.4) is 0 Å². The summed E-state index contributed by atoms with van der Waals surface area (Å²) < 4.78 is 5.82. The van der Waals surface area contributed by atoms with E-state index in [2.05, 4.69) is 20.2 Å². The molecule has 134 valence electrons. The van der Waals surface area contributed by atoms with E-state index >= 15 is 0 Å². The number of nitrogens with one attached hydrogen (secondary N) is 1. The maximum atomic E-state index is 10.9. The van der Waals surface area contributed by atoms with Gasteiger partial charge in [0.15, 0.2) is 0 Å². The van der Waals surface area contributed by atoms with Crippen LogP contribution >= 0.6 is 0 Å². The molecule has 1 fully saturated rings. The molecule has 0 aliphatic carbocycles. The Kier molecular flexibility index (Phi) is 5.50. The van der Waals surface area contributed by atoms with Crippen molar-refractivity contribution in [1.82, 2.24) is 14.9 Å². The normalized spacial score (nSPS) is 21.1. The van der Waals surface area contributed by atoms with Crippen LogP contribution in [-0.2, 0) is 6.54 Å². The number of aromatic nitrogens is 2. The minimum absolute atomic E-state index is 0.307. The van der Waals surface area contributed by atoms with Crippen molar-refractivity contribution >= 4 is 5.95 Å². The number of hydrogen-bond donors (Lipinski definition) is 2. The van der Waals surface area contributed by atoms with E-state index < -0.39 is 5.60 Å². The molecule has 1 aliphatic rings. The maximum Gasteiger partial charge on any atom is 0.222 e. The van der Waals surface area contributed by atoms with Crippen LogP contribution in [0.2, 0.25) is 0 Å². The fourth-order valence-electron chi connectivity index (χ4n) is 3.13. The van der Waals surface area contributed by atoms with Crippen molar-refractivity contribution in [1.29, 1.82) is 0 Å². The van der Waals surface area contributed by atoms with Gasteiger partial charge in [-0.2, -0.15) is 0 Å². The second kappa shape index (κ2) is 7.80. The number of rotatable bonds is 6. The molecule has 0 amide bonds. The number of benzene rings is 1. The smallest absolute Gasteiger partial charge is 0.222 e. The molecule has 0 unspecified atom stereocenters. The Morgan fingerprint density at radius 3 is 2.64 bits per heavy atom. The van der Waals surface area contributed by atoms with Crippen LogP contribution in [-0.4, -0.2) is 52.3 Å². The highest BCUT2D eigenvalue weighted by atomic mass is 16.5. The van der Waals surface area contributed by atoms with E-state index in [0.717, 1.165) is 37.2 Å². The molecule has 6 nitrogen and oxygen atoms in total. The lowest BCUT2D eigenvalue weighted by atomic mass is 9.93. The largest absolute Gasteiger partial charge is 0.491 e. The zero-order chi connectivity index (χ0) is 17.7. The average Bonchev–Trinajstić information content (AvgIpc) is 2.62. The topological polar surface area (TPSA) is 70.5 Å². The van der Waals surface area contributed by atoms with E-state index in [1.165, 1.54) is 5.56 Å². The van der Waals surface area contributed by atoms with Crippen molar-refractivity contribution in [3.05, 3.63) is 47.8 Å². The summed E-state index contributed by atoms with van der Waals surface area (Å²) in [6, 6.07) is 7.92. The second-order valence-electron chi connectivity index (χ2n) is 6.81. The Balaban J connectivity index is 1.56. The van der Waals surface area contributed by atoms with Gasteiger partial charge >= 0.3 is 0 Å². The monoisotopic (exact) mass is 342 g/mol.